The molecule has 156 valence electrons. The molecule has 2 N–H and O–H groups in total. The first-order valence-corrected chi connectivity index (χ1v) is 10.4. The van der Waals surface area contributed by atoms with Gasteiger partial charge in [0, 0.05) is 23.3 Å². The van der Waals surface area contributed by atoms with Gasteiger partial charge in [0.25, 0.3) is 5.91 Å². The normalized spacial score (nSPS) is 20.5. The SMILES string of the molecule is Cc1cc(N[C@H]2CC[C@@H](NC(=O)c3ccc(F)c(Cl)c3)CC2)nc2c1CCC2.Cl. The summed E-state index contributed by atoms with van der Waals surface area (Å²) >= 11 is 5.77. The van der Waals surface area contributed by atoms with Crippen molar-refractivity contribution in [3.8, 4) is 0 Å². The fraction of sp³-hybridized carbons (Fsp3) is 0.455. The number of carbonyl (C=O) groups excluding carboxylic acids is 1. The highest BCUT2D eigenvalue weighted by Crippen LogP contribution is 2.28. The largest absolute Gasteiger partial charge is 0.367 e. The quantitative estimate of drug-likeness (QED) is 0.686. The van der Waals surface area contributed by atoms with Gasteiger partial charge in [-0.2, -0.15) is 0 Å². The van der Waals surface area contributed by atoms with Crippen LogP contribution in [0.4, 0.5) is 10.2 Å². The monoisotopic (exact) mass is 437 g/mol. The number of halogens is 3. The van der Waals surface area contributed by atoms with E-state index in [9.17, 15) is 9.18 Å². The molecule has 4 nitrogen and oxygen atoms in total. The van der Waals surface area contributed by atoms with E-state index in [4.69, 9.17) is 16.6 Å². The van der Waals surface area contributed by atoms with E-state index in [1.807, 2.05) is 0 Å². The molecule has 2 aliphatic rings. The number of fused-ring (bicyclic) bond motifs is 1. The molecule has 0 unspecified atom stereocenters. The molecule has 1 amide bonds. The predicted octanol–water partition coefficient (Wildman–Crippen LogP) is 5.25. The first-order valence-electron chi connectivity index (χ1n) is 10.0. The molecule has 29 heavy (non-hydrogen) atoms. The average Bonchev–Trinajstić information content (AvgIpc) is 3.15. The number of hydrogen-bond acceptors (Lipinski definition) is 3. The van der Waals surface area contributed by atoms with E-state index in [0.29, 0.717) is 11.6 Å². The zero-order valence-corrected chi connectivity index (χ0v) is 18.0. The summed E-state index contributed by atoms with van der Waals surface area (Å²) in [4.78, 5) is 17.2. The summed E-state index contributed by atoms with van der Waals surface area (Å²) in [5.41, 5.74) is 4.41. The second kappa shape index (κ2) is 9.31. The number of benzene rings is 1. The number of nitrogens with zero attached hydrogens (tertiary/aromatic N) is 1. The van der Waals surface area contributed by atoms with Crippen molar-refractivity contribution in [1.82, 2.24) is 10.3 Å². The van der Waals surface area contributed by atoms with Gasteiger partial charge in [-0.1, -0.05) is 11.6 Å². The lowest BCUT2D eigenvalue weighted by atomic mass is 9.91. The molecule has 2 aromatic rings. The molecule has 1 saturated carbocycles. The standard InChI is InChI=1S/C22H25ClFN3O.ClH/c1-13-11-21(27-20-4-2-3-17(13)20)25-15-6-8-16(9-7-15)26-22(28)14-5-10-19(24)18(23)12-14;/h5,10-12,15-16H,2-4,6-9H2,1H3,(H,25,27)(H,26,28);1H/t15-,16+;. The van der Waals surface area contributed by atoms with E-state index >= 15 is 0 Å². The number of pyridine rings is 1. The zero-order chi connectivity index (χ0) is 19.7. The van der Waals surface area contributed by atoms with Crippen LogP contribution in [-0.2, 0) is 12.8 Å². The maximum Gasteiger partial charge on any atom is 0.251 e. The first-order chi connectivity index (χ1) is 13.5. The van der Waals surface area contributed by atoms with E-state index in [1.54, 1.807) is 0 Å². The smallest absolute Gasteiger partial charge is 0.251 e. The van der Waals surface area contributed by atoms with Crippen LogP contribution in [0.25, 0.3) is 0 Å². The van der Waals surface area contributed by atoms with E-state index in [2.05, 4.69) is 23.6 Å². The van der Waals surface area contributed by atoms with Crippen molar-refractivity contribution >= 4 is 35.7 Å². The van der Waals surface area contributed by atoms with E-state index in [1.165, 1.54) is 41.4 Å². The Morgan fingerprint density at radius 3 is 2.59 bits per heavy atom. The predicted molar refractivity (Wildman–Crippen MR) is 117 cm³/mol. The van der Waals surface area contributed by atoms with Gasteiger partial charge in [-0.25, -0.2) is 9.37 Å². The van der Waals surface area contributed by atoms with Crippen molar-refractivity contribution in [1.29, 1.82) is 0 Å². The molecule has 0 bridgehead atoms. The molecule has 4 rings (SSSR count). The Morgan fingerprint density at radius 2 is 1.86 bits per heavy atom. The Balaban J connectivity index is 0.00000240. The Kier molecular flexibility index (Phi) is 7.01. The number of hydrogen-bond donors (Lipinski definition) is 2. The summed E-state index contributed by atoms with van der Waals surface area (Å²) in [5, 5.41) is 6.60. The van der Waals surface area contributed by atoms with Crippen molar-refractivity contribution in [2.24, 2.45) is 0 Å². The van der Waals surface area contributed by atoms with Crippen molar-refractivity contribution < 1.29 is 9.18 Å². The van der Waals surface area contributed by atoms with Gasteiger partial charge < -0.3 is 10.6 Å². The highest BCUT2D eigenvalue weighted by molar-refractivity contribution is 6.31. The molecule has 0 atom stereocenters. The summed E-state index contributed by atoms with van der Waals surface area (Å²) in [6.07, 6.45) is 7.21. The lowest BCUT2D eigenvalue weighted by Crippen LogP contribution is -2.40. The Bertz CT molecular complexity index is 898. The number of aromatic nitrogens is 1. The summed E-state index contributed by atoms with van der Waals surface area (Å²) in [5.74, 6) is 0.265. The van der Waals surface area contributed by atoms with Crippen molar-refractivity contribution in [2.75, 3.05) is 5.32 Å². The van der Waals surface area contributed by atoms with Crippen molar-refractivity contribution in [3.05, 3.63) is 57.5 Å². The number of amides is 1. The van der Waals surface area contributed by atoms with Gasteiger partial charge in [-0.05, 0) is 87.3 Å². The van der Waals surface area contributed by atoms with Crippen LogP contribution in [-0.4, -0.2) is 23.0 Å². The number of carbonyl (C=O) groups is 1. The lowest BCUT2D eigenvalue weighted by molar-refractivity contribution is 0.0926. The van der Waals surface area contributed by atoms with Crippen LogP contribution in [0.15, 0.2) is 24.3 Å². The van der Waals surface area contributed by atoms with Gasteiger partial charge in [0.1, 0.15) is 11.6 Å². The average molecular weight is 438 g/mol. The van der Waals surface area contributed by atoms with E-state index in [-0.39, 0.29) is 29.4 Å². The number of aryl methyl sites for hydroxylation is 2. The van der Waals surface area contributed by atoms with Gasteiger partial charge in [0.2, 0.25) is 0 Å². The van der Waals surface area contributed by atoms with Crippen LogP contribution < -0.4 is 10.6 Å². The van der Waals surface area contributed by atoms with Crippen molar-refractivity contribution in [2.45, 2.75) is 64.0 Å². The molecule has 1 heterocycles. The molecule has 1 aromatic heterocycles. The third kappa shape index (κ3) is 5.01. The second-order valence-electron chi connectivity index (χ2n) is 7.90. The van der Waals surface area contributed by atoms with Crippen LogP contribution >= 0.6 is 24.0 Å². The Labute approximate surface area is 182 Å². The van der Waals surface area contributed by atoms with Crippen LogP contribution in [0.3, 0.4) is 0 Å². The number of nitrogens with one attached hydrogen (secondary N) is 2. The topological polar surface area (TPSA) is 54.0 Å². The maximum absolute atomic E-state index is 13.3. The fourth-order valence-electron chi connectivity index (χ4n) is 4.32. The minimum absolute atomic E-state index is 0. The molecule has 1 fully saturated rings. The summed E-state index contributed by atoms with van der Waals surface area (Å²) < 4.78 is 13.3. The molecule has 1 aromatic carbocycles. The zero-order valence-electron chi connectivity index (χ0n) is 16.4. The van der Waals surface area contributed by atoms with Crippen LogP contribution in [0.2, 0.25) is 5.02 Å². The fourth-order valence-corrected chi connectivity index (χ4v) is 4.50. The van der Waals surface area contributed by atoms with Gasteiger partial charge >= 0.3 is 0 Å². The van der Waals surface area contributed by atoms with E-state index < -0.39 is 5.82 Å². The van der Waals surface area contributed by atoms with Gasteiger partial charge in [-0.15, -0.1) is 12.4 Å². The third-order valence-electron chi connectivity index (χ3n) is 5.87. The molecular weight excluding hydrogens is 412 g/mol. The molecular formula is C22H26Cl2FN3O. The van der Waals surface area contributed by atoms with E-state index in [0.717, 1.165) is 44.3 Å². The molecule has 0 radical (unpaired) electrons. The van der Waals surface area contributed by atoms with Crippen LogP contribution in [0, 0.1) is 12.7 Å². The second-order valence-corrected chi connectivity index (χ2v) is 8.31. The van der Waals surface area contributed by atoms with Gasteiger partial charge in [0.05, 0.1) is 5.02 Å². The highest BCUT2D eigenvalue weighted by atomic mass is 35.5. The Morgan fingerprint density at radius 1 is 1.14 bits per heavy atom. The van der Waals surface area contributed by atoms with Gasteiger partial charge in [0.15, 0.2) is 0 Å². The van der Waals surface area contributed by atoms with Crippen LogP contribution in [0.5, 0.6) is 0 Å². The molecule has 2 aliphatic carbocycles. The number of anilines is 1. The molecule has 0 spiro atoms. The maximum atomic E-state index is 13.3. The van der Waals surface area contributed by atoms with Crippen molar-refractivity contribution in [3.63, 3.8) is 0 Å². The summed E-state index contributed by atoms with van der Waals surface area (Å²) in [6.45, 7) is 2.17. The highest BCUT2D eigenvalue weighted by Gasteiger charge is 2.24. The lowest BCUT2D eigenvalue weighted by Gasteiger charge is -2.30. The summed E-state index contributed by atoms with van der Waals surface area (Å²) in [7, 11) is 0. The summed E-state index contributed by atoms with van der Waals surface area (Å²) in [6, 6.07) is 6.73. The number of rotatable bonds is 4. The molecule has 7 heteroatoms. The third-order valence-corrected chi connectivity index (χ3v) is 6.16. The molecule has 0 aliphatic heterocycles. The van der Waals surface area contributed by atoms with Crippen LogP contribution in [0.1, 0.15) is 59.3 Å². The Hall–Kier alpha value is -1.85. The van der Waals surface area contributed by atoms with Gasteiger partial charge in [-0.3, -0.25) is 4.79 Å². The first kappa shape index (κ1) is 21.8. The minimum Gasteiger partial charge on any atom is -0.367 e. The molecule has 0 saturated heterocycles. The minimum atomic E-state index is -0.514.